The van der Waals surface area contributed by atoms with Crippen LogP contribution in [0.5, 0.6) is 0 Å². The Morgan fingerprint density at radius 3 is 2.17 bits per heavy atom. The van der Waals surface area contributed by atoms with E-state index >= 15 is 0 Å². The van der Waals surface area contributed by atoms with Gasteiger partial charge in [-0.3, -0.25) is 4.98 Å². The SMILES string of the molecule is CCc1ncc(C(=O)OC)c(CC)c1C(=O)OC. The van der Waals surface area contributed by atoms with Crippen molar-refractivity contribution in [3.63, 3.8) is 0 Å². The van der Waals surface area contributed by atoms with Crippen LogP contribution in [-0.4, -0.2) is 31.1 Å². The van der Waals surface area contributed by atoms with Crippen molar-refractivity contribution >= 4 is 11.9 Å². The molecule has 98 valence electrons. The zero-order valence-electron chi connectivity index (χ0n) is 11.1. The summed E-state index contributed by atoms with van der Waals surface area (Å²) in [6.45, 7) is 3.76. The molecule has 5 heteroatoms. The van der Waals surface area contributed by atoms with Crippen LogP contribution in [0, 0.1) is 0 Å². The summed E-state index contributed by atoms with van der Waals surface area (Å²) in [4.78, 5) is 27.6. The molecule has 0 unspecified atom stereocenters. The van der Waals surface area contributed by atoms with Crippen LogP contribution in [0.2, 0.25) is 0 Å². The number of hydrogen-bond acceptors (Lipinski definition) is 5. The molecule has 0 aromatic carbocycles. The Balaban J connectivity index is 3.51. The Kier molecular flexibility index (Phi) is 4.83. The van der Waals surface area contributed by atoms with Gasteiger partial charge in [0.1, 0.15) is 0 Å². The van der Waals surface area contributed by atoms with Gasteiger partial charge in [-0.05, 0) is 18.4 Å². The molecule has 0 saturated carbocycles. The van der Waals surface area contributed by atoms with E-state index in [1.165, 1.54) is 20.4 Å². The molecule has 0 bridgehead atoms. The molecule has 0 N–H and O–H groups in total. The molecule has 0 saturated heterocycles. The topological polar surface area (TPSA) is 65.5 Å². The summed E-state index contributed by atoms with van der Waals surface area (Å²) in [7, 11) is 2.61. The van der Waals surface area contributed by atoms with Gasteiger partial charge in [0.2, 0.25) is 0 Å². The molecule has 0 radical (unpaired) electrons. The minimum absolute atomic E-state index is 0.317. The van der Waals surface area contributed by atoms with Gasteiger partial charge in [0, 0.05) is 6.20 Å². The lowest BCUT2D eigenvalue weighted by molar-refractivity contribution is 0.0595. The van der Waals surface area contributed by atoms with Crippen molar-refractivity contribution in [2.24, 2.45) is 0 Å². The van der Waals surface area contributed by atoms with Crippen molar-refractivity contribution < 1.29 is 19.1 Å². The van der Waals surface area contributed by atoms with Crippen LogP contribution >= 0.6 is 0 Å². The van der Waals surface area contributed by atoms with Crippen molar-refractivity contribution in [3.05, 3.63) is 28.6 Å². The van der Waals surface area contributed by atoms with E-state index in [1.54, 1.807) is 0 Å². The van der Waals surface area contributed by atoms with E-state index in [-0.39, 0.29) is 0 Å². The summed E-state index contributed by atoms with van der Waals surface area (Å²) >= 11 is 0. The number of aromatic nitrogens is 1. The summed E-state index contributed by atoms with van der Waals surface area (Å²) < 4.78 is 9.45. The molecule has 18 heavy (non-hydrogen) atoms. The summed E-state index contributed by atoms with van der Waals surface area (Å²) in [6.07, 6.45) is 2.58. The Morgan fingerprint density at radius 2 is 1.72 bits per heavy atom. The number of carbonyl (C=O) groups is 2. The molecule has 0 aliphatic carbocycles. The predicted octanol–water partition coefficient (Wildman–Crippen LogP) is 1.78. The third-order valence-corrected chi connectivity index (χ3v) is 2.75. The molecule has 0 aliphatic heterocycles. The molecule has 0 aliphatic rings. The fraction of sp³-hybridized carbons (Fsp3) is 0.462. The van der Waals surface area contributed by atoms with Gasteiger partial charge >= 0.3 is 11.9 Å². The first-order chi connectivity index (χ1) is 8.60. The van der Waals surface area contributed by atoms with Gasteiger partial charge in [-0.2, -0.15) is 0 Å². The maximum atomic E-state index is 11.8. The first-order valence-electron chi connectivity index (χ1n) is 5.77. The average molecular weight is 251 g/mol. The number of pyridine rings is 1. The Bertz CT molecular complexity index is 468. The van der Waals surface area contributed by atoms with Crippen LogP contribution < -0.4 is 0 Å². The molecule has 1 heterocycles. The van der Waals surface area contributed by atoms with Crippen LogP contribution in [0.25, 0.3) is 0 Å². The van der Waals surface area contributed by atoms with E-state index in [9.17, 15) is 9.59 Å². The number of rotatable bonds is 4. The largest absolute Gasteiger partial charge is 0.465 e. The molecular formula is C13H17NO4. The van der Waals surface area contributed by atoms with Gasteiger partial charge in [-0.25, -0.2) is 9.59 Å². The molecule has 0 fully saturated rings. The lowest BCUT2D eigenvalue weighted by Crippen LogP contribution is -2.16. The molecule has 1 rings (SSSR count). The minimum Gasteiger partial charge on any atom is -0.465 e. The van der Waals surface area contributed by atoms with E-state index in [0.717, 1.165) is 0 Å². The van der Waals surface area contributed by atoms with Gasteiger partial charge in [0.15, 0.2) is 0 Å². The quantitative estimate of drug-likeness (QED) is 0.763. The third-order valence-electron chi connectivity index (χ3n) is 2.75. The Hall–Kier alpha value is -1.91. The average Bonchev–Trinajstić information content (AvgIpc) is 2.43. The fourth-order valence-corrected chi connectivity index (χ4v) is 1.86. The van der Waals surface area contributed by atoms with Crippen LogP contribution in [0.1, 0.15) is 45.8 Å². The molecule has 1 aromatic rings. The van der Waals surface area contributed by atoms with E-state index in [0.29, 0.717) is 35.2 Å². The monoisotopic (exact) mass is 251 g/mol. The van der Waals surface area contributed by atoms with Crippen molar-refractivity contribution in [3.8, 4) is 0 Å². The zero-order chi connectivity index (χ0) is 13.7. The number of hydrogen-bond donors (Lipinski definition) is 0. The summed E-state index contributed by atoms with van der Waals surface area (Å²) in [5, 5.41) is 0. The van der Waals surface area contributed by atoms with Crippen molar-refractivity contribution in [2.75, 3.05) is 14.2 Å². The molecule has 1 aromatic heterocycles. The molecule has 0 atom stereocenters. The molecule has 5 nitrogen and oxygen atoms in total. The third kappa shape index (κ3) is 2.50. The standard InChI is InChI=1S/C13H17NO4/c1-5-8-9(12(15)17-3)7-14-10(6-2)11(8)13(16)18-4/h7H,5-6H2,1-4H3. The Morgan fingerprint density at radius 1 is 1.11 bits per heavy atom. The summed E-state index contributed by atoms with van der Waals surface area (Å²) in [5.41, 5.74) is 1.95. The van der Waals surface area contributed by atoms with Gasteiger partial charge < -0.3 is 9.47 Å². The second-order valence-corrected chi connectivity index (χ2v) is 3.66. The van der Waals surface area contributed by atoms with Gasteiger partial charge in [0.05, 0.1) is 31.0 Å². The van der Waals surface area contributed by atoms with Gasteiger partial charge in [-0.15, -0.1) is 0 Å². The van der Waals surface area contributed by atoms with Crippen molar-refractivity contribution in [1.82, 2.24) is 4.98 Å². The van der Waals surface area contributed by atoms with E-state index in [1.807, 2.05) is 13.8 Å². The zero-order valence-corrected chi connectivity index (χ0v) is 11.1. The first kappa shape index (κ1) is 14.2. The van der Waals surface area contributed by atoms with Crippen LogP contribution in [0.15, 0.2) is 6.20 Å². The van der Waals surface area contributed by atoms with Crippen molar-refractivity contribution in [1.29, 1.82) is 0 Å². The van der Waals surface area contributed by atoms with Gasteiger partial charge in [0.25, 0.3) is 0 Å². The highest BCUT2D eigenvalue weighted by Crippen LogP contribution is 2.20. The first-order valence-corrected chi connectivity index (χ1v) is 5.77. The van der Waals surface area contributed by atoms with Crippen molar-refractivity contribution in [2.45, 2.75) is 26.7 Å². The highest BCUT2D eigenvalue weighted by Gasteiger charge is 2.23. The highest BCUT2D eigenvalue weighted by molar-refractivity contribution is 5.98. The second kappa shape index (κ2) is 6.14. The smallest absolute Gasteiger partial charge is 0.340 e. The van der Waals surface area contributed by atoms with E-state index < -0.39 is 11.9 Å². The van der Waals surface area contributed by atoms with Crippen LogP contribution in [0.3, 0.4) is 0 Å². The minimum atomic E-state index is -0.493. The Labute approximate surface area is 106 Å². The van der Waals surface area contributed by atoms with E-state index in [2.05, 4.69) is 9.72 Å². The van der Waals surface area contributed by atoms with Crippen LogP contribution in [0.4, 0.5) is 0 Å². The van der Waals surface area contributed by atoms with Gasteiger partial charge in [-0.1, -0.05) is 13.8 Å². The summed E-state index contributed by atoms with van der Waals surface area (Å²) in [5.74, 6) is -0.964. The highest BCUT2D eigenvalue weighted by atomic mass is 16.5. The van der Waals surface area contributed by atoms with E-state index in [4.69, 9.17) is 4.74 Å². The molecular weight excluding hydrogens is 234 g/mol. The number of esters is 2. The summed E-state index contributed by atoms with van der Waals surface area (Å²) in [6, 6.07) is 0. The molecule has 0 amide bonds. The molecule has 0 spiro atoms. The lowest BCUT2D eigenvalue weighted by atomic mass is 9.98. The number of ether oxygens (including phenoxy) is 2. The normalized spacial score (nSPS) is 10.0. The fourth-order valence-electron chi connectivity index (χ4n) is 1.86. The lowest BCUT2D eigenvalue weighted by Gasteiger charge is -2.13. The van der Waals surface area contributed by atoms with Crippen LogP contribution in [-0.2, 0) is 22.3 Å². The number of aryl methyl sites for hydroxylation is 1. The number of methoxy groups -OCH3 is 2. The predicted molar refractivity (Wildman–Crippen MR) is 65.7 cm³/mol. The maximum absolute atomic E-state index is 11.8. The second-order valence-electron chi connectivity index (χ2n) is 3.66. The number of nitrogens with zero attached hydrogens (tertiary/aromatic N) is 1. The number of carbonyl (C=O) groups excluding carboxylic acids is 2. The maximum Gasteiger partial charge on any atom is 0.340 e.